The van der Waals surface area contributed by atoms with Crippen LogP contribution in [0.1, 0.15) is 6.42 Å². The average molecular weight is 245 g/mol. The van der Waals surface area contributed by atoms with Crippen molar-refractivity contribution in [2.45, 2.75) is 6.42 Å². The van der Waals surface area contributed by atoms with Crippen LogP contribution in [0.25, 0.3) is 0 Å². The zero-order chi connectivity index (χ0) is 12.8. The van der Waals surface area contributed by atoms with E-state index in [1.165, 1.54) is 0 Å². The highest BCUT2D eigenvalue weighted by atomic mass is 16.5. The molecule has 100 valence electrons. The predicted molar refractivity (Wildman–Crippen MR) is 67.4 cm³/mol. The van der Waals surface area contributed by atoms with Gasteiger partial charge in [-0.2, -0.15) is 0 Å². The molecule has 0 aromatic heterocycles. The Morgan fingerprint density at radius 1 is 1.18 bits per heavy atom. The SMILES string of the molecule is COCC=CCNCCNCCCNC(=O)O. The second-order valence-electron chi connectivity index (χ2n) is 3.47. The Balaban J connectivity index is 3.01. The molecule has 0 spiro atoms. The standard InChI is InChI=1S/C11H23N3O3/c1-17-10-3-2-5-12-8-9-13-6-4-7-14-11(15)16/h2-3,12-14H,4-10H2,1H3,(H,15,16). The van der Waals surface area contributed by atoms with E-state index in [0.717, 1.165) is 32.6 Å². The van der Waals surface area contributed by atoms with Crippen LogP contribution in [0, 0.1) is 0 Å². The molecule has 0 atom stereocenters. The summed E-state index contributed by atoms with van der Waals surface area (Å²) in [5.74, 6) is 0. The van der Waals surface area contributed by atoms with Gasteiger partial charge in [-0.05, 0) is 13.0 Å². The van der Waals surface area contributed by atoms with E-state index in [1.54, 1.807) is 7.11 Å². The summed E-state index contributed by atoms with van der Waals surface area (Å²) in [6.07, 6.45) is 3.84. The lowest BCUT2D eigenvalue weighted by Crippen LogP contribution is -2.30. The fourth-order valence-electron chi connectivity index (χ4n) is 1.14. The molecule has 0 aliphatic carbocycles. The molecule has 0 unspecified atom stereocenters. The van der Waals surface area contributed by atoms with E-state index < -0.39 is 6.09 Å². The molecule has 0 rings (SSSR count). The van der Waals surface area contributed by atoms with Gasteiger partial charge >= 0.3 is 6.09 Å². The Morgan fingerprint density at radius 3 is 2.65 bits per heavy atom. The monoisotopic (exact) mass is 245 g/mol. The number of nitrogens with one attached hydrogen (secondary N) is 3. The van der Waals surface area contributed by atoms with Crippen LogP contribution in [-0.4, -0.2) is 57.6 Å². The van der Waals surface area contributed by atoms with E-state index in [9.17, 15) is 4.79 Å². The smallest absolute Gasteiger partial charge is 0.404 e. The topological polar surface area (TPSA) is 82.6 Å². The van der Waals surface area contributed by atoms with Crippen LogP contribution >= 0.6 is 0 Å². The second kappa shape index (κ2) is 13.0. The van der Waals surface area contributed by atoms with Gasteiger partial charge in [0.15, 0.2) is 0 Å². The maximum absolute atomic E-state index is 10.1. The van der Waals surface area contributed by atoms with E-state index in [-0.39, 0.29) is 0 Å². The number of amides is 1. The summed E-state index contributed by atoms with van der Waals surface area (Å²) in [4.78, 5) is 10.1. The van der Waals surface area contributed by atoms with E-state index in [4.69, 9.17) is 9.84 Å². The highest BCUT2D eigenvalue weighted by Crippen LogP contribution is 1.74. The number of hydrogen-bond donors (Lipinski definition) is 4. The largest absolute Gasteiger partial charge is 0.465 e. The molecule has 0 saturated heterocycles. The number of carboxylic acid groups (broad SMARTS) is 1. The molecule has 0 heterocycles. The van der Waals surface area contributed by atoms with Crippen molar-refractivity contribution in [1.82, 2.24) is 16.0 Å². The van der Waals surface area contributed by atoms with Gasteiger partial charge < -0.3 is 25.8 Å². The van der Waals surface area contributed by atoms with Crippen molar-refractivity contribution < 1.29 is 14.6 Å². The third-order valence-electron chi connectivity index (χ3n) is 1.98. The fourth-order valence-corrected chi connectivity index (χ4v) is 1.14. The molecular weight excluding hydrogens is 222 g/mol. The summed E-state index contributed by atoms with van der Waals surface area (Å²) in [7, 11) is 1.67. The van der Waals surface area contributed by atoms with Crippen molar-refractivity contribution in [3.8, 4) is 0 Å². The fraction of sp³-hybridized carbons (Fsp3) is 0.727. The molecule has 0 radical (unpaired) electrons. The van der Waals surface area contributed by atoms with Crippen LogP contribution in [0.3, 0.4) is 0 Å². The van der Waals surface area contributed by atoms with Crippen molar-refractivity contribution in [3.05, 3.63) is 12.2 Å². The minimum Gasteiger partial charge on any atom is -0.465 e. The number of carbonyl (C=O) groups is 1. The molecule has 0 aliphatic rings. The number of hydrogen-bond acceptors (Lipinski definition) is 4. The van der Waals surface area contributed by atoms with Crippen LogP contribution in [0.2, 0.25) is 0 Å². The summed E-state index contributed by atoms with van der Waals surface area (Å²) < 4.78 is 4.87. The molecule has 0 fully saturated rings. The van der Waals surface area contributed by atoms with E-state index >= 15 is 0 Å². The normalized spacial score (nSPS) is 10.9. The lowest BCUT2D eigenvalue weighted by atomic mass is 10.4. The molecule has 0 saturated carbocycles. The first-order valence-corrected chi connectivity index (χ1v) is 5.79. The second-order valence-corrected chi connectivity index (χ2v) is 3.47. The zero-order valence-electron chi connectivity index (χ0n) is 10.4. The van der Waals surface area contributed by atoms with Crippen molar-refractivity contribution in [3.63, 3.8) is 0 Å². The summed E-state index contributed by atoms with van der Waals surface area (Å²) in [5.41, 5.74) is 0. The molecule has 1 amide bonds. The summed E-state index contributed by atoms with van der Waals surface area (Å²) in [5, 5.41) is 17.1. The van der Waals surface area contributed by atoms with Gasteiger partial charge in [-0.25, -0.2) is 4.79 Å². The molecule has 6 nitrogen and oxygen atoms in total. The molecule has 6 heteroatoms. The highest BCUT2D eigenvalue weighted by molar-refractivity contribution is 5.64. The van der Waals surface area contributed by atoms with Gasteiger partial charge in [0.05, 0.1) is 6.61 Å². The van der Waals surface area contributed by atoms with Gasteiger partial charge in [0.2, 0.25) is 0 Å². The molecule has 0 aliphatic heterocycles. The van der Waals surface area contributed by atoms with Gasteiger partial charge in [0, 0.05) is 33.3 Å². The molecule has 0 aromatic rings. The molecule has 4 N–H and O–H groups in total. The Kier molecular flexibility index (Phi) is 12.1. The number of methoxy groups -OCH3 is 1. The highest BCUT2D eigenvalue weighted by Gasteiger charge is 1.92. The zero-order valence-corrected chi connectivity index (χ0v) is 10.4. The van der Waals surface area contributed by atoms with Gasteiger partial charge in [-0.3, -0.25) is 0 Å². The lowest BCUT2D eigenvalue weighted by Gasteiger charge is -2.05. The first-order valence-electron chi connectivity index (χ1n) is 5.79. The Labute approximate surface area is 102 Å². The summed E-state index contributed by atoms with van der Waals surface area (Å²) >= 11 is 0. The maximum atomic E-state index is 10.1. The Morgan fingerprint density at radius 2 is 1.94 bits per heavy atom. The average Bonchev–Trinajstić information content (AvgIpc) is 2.30. The Hall–Kier alpha value is -1.11. The van der Waals surface area contributed by atoms with Crippen LogP contribution in [0.4, 0.5) is 4.79 Å². The van der Waals surface area contributed by atoms with Crippen molar-refractivity contribution in [2.24, 2.45) is 0 Å². The lowest BCUT2D eigenvalue weighted by molar-refractivity contribution is 0.194. The predicted octanol–water partition coefficient (Wildman–Crippen LogP) is 0.0259. The molecule has 0 aromatic carbocycles. The van der Waals surface area contributed by atoms with Crippen LogP contribution in [0.15, 0.2) is 12.2 Å². The quantitative estimate of drug-likeness (QED) is 0.305. The first-order chi connectivity index (χ1) is 8.27. The molecule has 17 heavy (non-hydrogen) atoms. The van der Waals surface area contributed by atoms with Gasteiger partial charge in [0.25, 0.3) is 0 Å². The number of ether oxygens (including phenoxy) is 1. The van der Waals surface area contributed by atoms with Gasteiger partial charge in [0.1, 0.15) is 0 Å². The van der Waals surface area contributed by atoms with Gasteiger partial charge in [-0.15, -0.1) is 0 Å². The third kappa shape index (κ3) is 14.9. The van der Waals surface area contributed by atoms with Crippen molar-refractivity contribution in [1.29, 1.82) is 0 Å². The molecule has 0 bridgehead atoms. The third-order valence-corrected chi connectivity index (χ3v) is 1.98. The number of rotatable bonds is 11. The first kappa shape index (κ1) is 15.9. The van der Waals surface area contributed by atoms with E-state index in [1.807, 2.05) is 12.2 Å². The molecular formula is C11H23N3O3. The van der Waals surface area contributed by atoms with Crippen molar-refractivity contribution >= 4 is 6.09 Å². The Bertz CT molecular complexity index is 210. The van der Waals surface area contributed by atoms with Crippen LogP contribution < -0.4 is 16.0 Å². The van der Waals surface area contributed by atoms with Crippen LogP contribution in [0.5, 0.6) is 0 Å². The minimum atomic E-state index is -0.963. The summed E-state index contributed by atoms with van der Waals surface area (Å²) in [6, 6.07) is 0. The maximum Gasteiger partial charge on any atom is 0.404 e. The van der Waals surface area contributed by atoms with Crippen LogP contribution in [-0.2, 0) is 4.74 Å². The summed E-state index contributed by atoms with van der Waals surface area (Å²) in [6.45, 7) is 4.58. The van der Waals surface area contributed by atoms with Gasteiger partial charge in [-0.1, -0.05) is 12.2 Å². The van der Waals surface area contributed by atoms with E-state index in [2.05, 4.69) is 16.0 Å². The minimum absolute atomic E-state index is 0.496. The van der Waals surface area contributed by atoms with E-state index in [0.29, 0.717) is 13.2 Å². The van der Waals surface area contributed by atoms with Crippen molar-refractivity contribution in [2.75, 3.05) is 46.4 Å².